The van der Waals surface area contributed by atoms with E-state index >= 15 is 0 Å². The van der Waals surface area contributed by atoms with Gasteiger partial charge >= 0.3 is 29.6 Å². The number of nitrogens with two attached hydrogens (primary N) is 2. The summed E-state index contributed by atoms with van der Waals surface area (Å²) in [5, 5.41) is 29.8. The van der Waals surface area contributed by atoms with Crippen LogP contribution in [0.2, 0.25) is 0 Å². The first-order valence-corrected chi connectivity index (χ1v) is 18.1. The first-order chi connectivity index (χ1) is 22.9. The van der Waals surface area contributed by atoms with E-state index in [1.807, 2.05) is 48.5 Å². The number of aliphatic imine (C=N–C) groups is 1. The van der Waals surface area contributed by atoms with Crippen LogP contribution in [0.5, 0.6) is 11.5 Å². The minimum atomic E-state index is -4.80. The Morgan fingerprint density at radius 3 is 2.41 bits per heavy atom. The number of aliphatic hydroxyl groups excluding tert-OH is 2. The molecule has 0 saturated carbocycles. The molecule has 12 heteroatoms. The maximum Gasteiger partial charge on any atom is 1.00 e. The summed E-state index contributed by atoms with van der Waals surface area (Å²) in [4.78, 5) is 4.59. The van der Waals surface area contributed by atoms with Gasteiger partial charge in [-0.1, -0.05) is 55.5 Å². The summed E-state index contributed by atoms with van der Waals surface area (Å²) in [5.74, 6) is -0.647. The van der Waals surface area contributed by atoms with E-state index in [-0.39, 0.29) is 72.0 Å². The molecular weight excluding hydrogens is 653 g/mol. The molecular formula is C37H44N3NaO7S. The van der Waals surface area contributed by atoms with Crippen molar-refractivity contribution in [1.82, 2.24) is 0 Å². The fourth-order valence-electron chi connectivity index (χ4n) is 8.12. The number of hydrogen-bond donors (Lipinski definition) is 5. The molecule has 0 aromatic heterocycles. The number of hydrogen-bond acceptors (Lipinski definition) is 8. The third-order valence-electron chi connectivity index (χ3n) is 10.6. The zero-order valence-corrected chi connectivity index (χ0v) is 30.9. The molecule has 3 aliphatic heterocycles. The van der Waals surface area contributed by atoms with Crippen LogP contribution in [0.25, 0.3) is 0 Å². The first kappa shape index (κ1) is 37.4. The molecule has 3 heterocycles. The number of phenols is 1. The predicted octanol–water partition coefficient (Wildman–Crippen LogP) is 1.81. The van der Waals surface area contributed by atoms with Crippen molar-refractivity contribution in [3.63, 3.8) is 0 Å². The maximum absolute atomic E-state index is 13.3. The van der Waals surface area contributed by atoms with Gasteiger partial charge in [-0.05, 0) is 114 Å². The monoisotopic (exact) mass is 697 g/mol. The standard InChI is InChI=1S/C37H45N3O7S.Na/c1-22-3-4-25-19-29-14-16-31(25)32(22)21-34(48(44,45)46)33-20-26(35(43)24-7-12-28(42)13-8-24)9-15-30(33)23-5-10-27(11-6-23)37(47-29,17-2-18-41)40-36(38)39;/h5-8,10-14,16,19-20,22,30,32-35,41-43H,2-4,9,15,17-18,21H2,1H3,(H4,38,39,40)(H,44,45,46);/q;+1/p-1. The minimum Gasteiger partial charge on any atom is -0.748 e. The molecule has 256 valence electrons. The number of guanidine groups is 1. The quantitative estimate of drug-likeness (QED) is 0.0806. The van der Waals surface area contributed by atoms with Gasteiger partial charge in [-0.2, -0.15) is 0 Å². The fourth-order valence-corrected chi connectivity index (χ4v) is 9.21. The van der Waals surface area contributed by atoms with Gasteiger partial charge in [0.2, 0.25) is 5.72 Å². The Morgan fingerprint density at radius 1 is 1.04 bits per heavy atom. The number of aryl methyl sites for hydroxylation is 1. The van der Waals surface area contributed by atoms with Crippen molar-refractivity contribution in [2.75, 3.05) is 6.61 Å². The van der Waals surface area contributed by atoms with E-state index in [2.05, 4.69) is 11.9 Å². The van der Waals surface area contributed by atoms with Crippen LogP contribution >= 0.6 is 0 Å². The molecule has 0 radical (unpaired) electrons. The molecule has 10 nitrogen and oxygen atoms in total. The molecule has 0 spiro atoms. The molecule has 3 aromatic rings. The van der Waals surface area contributed by atoms with Gasteiger partial charge in [-0.15, -0.1) is 0 Å². The van der Waals surface area contributed by atoms with Gasteiger partial charge in [0, 0.05) is 18.6 Å². The van der Waals surface area contributed by atoms with Crippen molar-refractivity contribution in [3.8, 4) is 11.5 Å². The largest absolute Gasteiger partial charge is 1.00 e. The predicted molar refractivity (Wildman–Crippen MR) is 182 cm³/mol. The summed E-state index contributed by atoms with van der Waals surface area (Å²) in [6, 6.07) is 19.6. The Hall–Kier alpha value is -2.90. The summed E-state index contributed by atoms with van der Waals surface area (Å²) < 4.78 is 46.7. The summed E-state index contributed by atoms with van der Waals surface area (Å²) in [6.07, 6.45) is 4.18. The first-order valence-electron chi connectivity index (χ1n) is 16.6. The van der Waals surface area contributed by atoms with Crippen LogP contribution in [0.15, 0.2) is 83.4 Å². The van der Waals surface area contributed by atoms with Crippen LogP contribution in [-0.2, 0) is 22.3 Å². The molecule has 7 N–H and O–H groups in total. The molecule has 0 amide bonds. The number of rotatable bonds is 7. The number of nitrogens with zero attached hydrogens (tertiary/aromatic N) is 1. The van der Waals surface area contributed by atoms with Crippen molar-refractivity contribution in [2.45, 2.75) is 80.8 Å². The smallest absolute Gasteiger partial charge is 0.748 e. The number of aromatic hydroxyl groups is 1. The van der Waals surface area contributed by atoms with Gasteiger partial charge in [0.05, 0.1) is 15.4 Å². The van der Waals surface area contributed by atoms with Gasteiger partial charge in [0.25, 0.3) is 0 Å². The van der Waals surface area contributed by atoms with Crippen LogP contribution in [0, 0.1) is 11.8 Å². The number of fused-ring (bicyclic) bond motifs is 2. The SMILES string of the molecule is CC1CCc2cc3ccc2C1CC(S(=O)(=O)[O-])C1C=C(C(O)c2ccc(O)cc2)CCC1c1ccc(cc1)C(CCCO)(N=C(N)N)O3.[Na+]. The van der Waals surface area contributed by atoms with Crippen LogP contribution < -0.4 is 45.8 Å². The van der Waals surface area contributed by atoms with E-state index in [9.17, 15) is 28.3 Å². The van der Waals surface area contributed by atoms with Gasteiger partial charge < -0.3 is 36.1 Å². The number of phenolic OH excluding ortho intramolecular Hbond substituents is 1. The second-order valence-electron chi connectivity index (χ2n) is 13.6. The van der Waals surface area contributed by atoms with Gasteiger partial charge in [-0.25, -0.2) is 13.4 Å². The molecule has 0 saturated heterocycles. The summed E-state index contributed by atoms with van der Waals surface area (Å²) >= 11 is 0. The van der Waals surface area contributed by atoms with E-state index in [4.69, 9.17) is 16.2 Å². The number of ether oxygens (including phenoxy) is 1. The Kier molecular flexibility index (Phi) is 11.5. The van der Waals surface area contributed by atoms with Gasteiger partial charge in [0.1, 0.15) is 17.6 Å². The van der Waals surface area contributed by atoms with Gasteiger partial charge in [-0.3, -0.25) is 0 Å². The normalized spacial score (nSPS) is 26.9. The van der Waals surface area contributed by atoms with E-state index in [1.165, 1.54) is 12.1 Å². The third kappa shape index (κ3) is 7.88. The molecule has 7 atom stereocenters. The average molecular weight is 698 g/mol. The molecule has 8 rings (SSSR count). The molecule has 5 aliphatic rings. The molecule has 49 heavy (non-hydrogen) atoms. The van der Waals surface area contributed by atoms with Crippen molar-refractivity contribution in [1.29, 1.82) is 0 Å². The Labute approximate surface area is 310 Å². The van der Waals surface area contributed by atoms with Crippen molar-refractivity contribution in [3.05, 3.63) is 106 Å². The molecule has 2 aliphatic carbocycles. The minimum absolute atomic E-state index is 0. The average Bonchev–Trinajstić information content (AvgIpc) is 3.06. The molecule has 0 fully saturated rings. The summed E-state index contributed by atoms with van der Waals surface area (Å²) in [6.45, 7) is 2.01. The maximum atomic E-state index is 13.3. The van der Waals surface area contributed by atoms with Crippen molar-refractivity contribution < 1.29 is 62.6 Å². The van der Waals surface area contributed by atoms with Crippen molar-refractivity contribution >= 4 is 16.1 Å². The fraction of sp³-hybridized carbons (Fsp3) is 0.432. The molecule has 3 aromatic carbocycles. The topological polar surface area (TPSA) is 192 Å². The van der Waals surface area contributed by atoms with Crippen molar-refractivity contribution in [2.24, 2.45) is 28.3 Å². The molecule has 7 unspecified atom stereocenters. The van der Waals surface area contributed by atoms with Gasteiger partial charge in [0.15, 0.2) is 5.96 Å². The van der Waals surface area contributed by atoms with E-state index < -0.39 is 33.1 Å². The van der Waals surface area contributed by atoms with E-state index in [0.29, 0.717) is 48.1 Å². The number of allylic oxidation sites excluding steroid dienone is 1. The molecule has 6 bridgehead atoms. The third-order valence-corrected chi connectivity index (χ3v) is 11.8. The summed E-state index contributed by atoms with van der Waals surface area (Å²) in [5.41, 5.74) is 15.3. The van der Waals surface area contributed by atoms with Crippen LogP contribution in [0.1, 0.15) is 91.2 Å². The van der Waals surface area contributed by atoms with Crippen LogP contribution in [0.4, 0.5) is 0 Å². The number of aliphatic hydroxyl groups is 2. The Morgan fingerprint density at radius 2 is 1.76 bits per heavy atom. The second-order valence-corrected chi connectivity index (χ2v) is 15.2. The van der Waals surface area contributed by atoms with E-state index in [0.717, 1.165) is 29.5 Å². The zero-order valence-electron chi connectivity index (χ0n) is 28.0. The second kappa shape index (κ2) is 15.1. The van der Waals surface area contributed by atoms with E-state index in [1.54, 1.807) is 12.1 Å². The Bertz CT molecular complexity index is 1800. The zero-order chi connectivity index (χ0) is 34.2. The summed E-state index contributed by atoms with van der Waals surface area (Å²) in [7, 11) is -4.80. The number of benzene rings is 3. The van der Waals surface area contributed by atoms with Crippen LogP contribution in [0.3, 0.4) is 0 Å². The Balaban J connectivity index is 0.00000468. The van der Waals surface area contributed by atoms with Crippen LogP contribution in [-0.4, -0.2) is 46.1 Å².